The number of fused-ring (bicyclic) bond motifs is 1. The molecule has 0 saturated carbocycles. The van der Waals surface area contributed by atoms with Crippen molar-refractivity contribution in [3.63, 3.8) is 0 Å². The number of carbonyl (C=O) groups is 1. The van der Waals surface area contributed by atoms with Crippen LogP contribution in [0.15, 0.2) is 83.4 Å². The topological polar surface area (TPSA) is 93.0 Å². The van der Waals surface area contributed by atoms with Crippen LogP contribution >= 0.6 is 0 Å². The van der Waals surface area contributed by atoms with Crippen molar-refractivity contribution in [3.8, 4) is 5.75 Å². The van der Waals surface area contributed by atoms with Crippen LogP contribution in [0.3, 0.4) is 0 Å². The number of nitrogens with zero attached hydrogens (tertiary/aromatic N) is 2. The van der Waals surface area contributed by atoms with E-state index in [1.165, 1.54) is 0 Å². The normalized spacial score (nSPS) is 11.9. The lowest BCUT2D eigenvalue weighted by Crippen LogP contribution is -2.30. The number of hydrogen-bond donors (Lipinski definition) is 2. The number of nitrogens with one attached hydrogen (secondary N) is 2. The quantitative estimate of drug-likeness (QED) is 0.317. The largest absolute Gasteiger partial charge is 0.489 e. The van der Waals surface area contributed by atoms with Crippen LogP contribution in [0.1, 0.15) is 44.8 Å². The van der Waals surface area contributed by atoms with Crippen molar-refractivity contribution in [1.29, 1.82) is 0 Å². The van der Waals surface area contributed by atoms with Crippen LogP contribution in [0.2, 0.25) is 0 Å². The minimum atomic E-state index is -0.329. The van der Waals surface area contributed by atoms with Crippen molar-refractivity contribution in [3.05, 3.63) is 113 Å². The van der Waals surface area contributed by atoms with Crippen molar-refractivity contribution in [2.45, 2.75) is 32.9 Å². The van der Waals surface area contributed by atoms with Gasteiger partial charge in [-0.1, -0.05) is 53.7 Å². The van der Waals surface area contributed by atoms with E-state index in [9.17, 15) is 4.79 Å². The van der Waals surface area contributed by atoms with Gasteiger partial charge in [0, 0.05) is 5.56 Å². The first-order valence-corrected chi connectivity index (χ1v) is 11.5. The maximum Gasteiger partial charge on any atom is 0.252 e. The maximum absolute atomic E-state index is 13.3. The summed E-state index contributed by atoms with van der Waals surface area (Å²) in [5, 5.41) is 7.12. The Morgan fingerprint density at radius 2 is 1.83 bits per heavy atom. The van der Waals surface area contributed by atoms with Gasteiger partial charge in [0.15, 0.2) is 0 Å². The monoisotopic (exact) mass is 466 g/mol. The Kier molecular flexibility index (Phi) is 6.30. The zero-order valence-corrected chi connectivity index (χ0v) is 19.6. The highest BCUT2D eigenvalue weighted by molar-refractivity contribution is 5.94. The molecule has 0 aliphatic rings. The van der Waals surface area contributed by atoms with Gasteiger partial charge in [-0.2, -0.15) is 0 Å². The number of benzene rings is 3. The van der Waals surface area contributed by atoms with Crippen molar-refractivity contribution in [2.24, 2.45) is 0 Å². The van der Waals surface area contributed by atoms with E-state index < -0.39 is 0 Å². The number of ether oxygens (including phenoxy) is 1. The fourth-order valence-corrected chi connectivity index (χ4v) is 4.04. The summed E-state index contributed by atoms with van der Waals surface area (Å²) in [7, 11) is 0. The Morgan fingerprint density at radius 1 is 1.03 bits per heavy atom. The van der Waals surface area contributed by atoms with Gasteiger partial charge in [-0.15, -0.1) is 0 Å². The lowest BCUT2D eigenvalue weighted by molar-refractivity contribution is 0.0934. The Balaban J connectivity index is 1.36. The summed E-state index contributed by atoms with van der Waals surface area (Å²) in [5.74, 6) is 1.84. The highest BCUT2D eigenvalue weighted by atomic mass is 16.5. The Bertz CT molecular complexity index is 1400. The predicted octanol–water partition coefficient (Wildman–Crippen LogP) is 5.46. The van der Waals surface area contributed by atoms with Crippen molar-refractivity contribution in [1.82, 2.24) is 20.4 Å². The highest BCUT2D eigenvalue weighted by Gasteiger charge is 2.20. The molecule has 0 spiro atoms. The van der Waals surface area contributed by atoms with Crippen molar-refractivity contribution in [2.75, 3.05) is 0 Å². The van der Waals surface area contributed by atoms with E-state index in [-0.39, 0.29) is 11.9 Å². The molecule has 176 valence electrons. The van der Waals surface area contributed by atoms with Gasteiger partial charge in [0.1, 0.15) is 23.9 Å². The number of amides is 1. The van der Waals surface area contributed by atoms with Crippen LogP contribution < -0.4 is 10.1 Å². The van der Waals surface area contributed by atoms with E-state index >= 15 is 0 Å². The number of aryl methyl sites for hydroxylation is 2. The minimum absolute atomic E-state index is 0.200. The fourth-order valence-electron chi connectivity index (χ4n) is 4.04. The van der Waals surface area contributed by atoms with Gasteiger partial charge < -0.3 is 19.6 Å². The second kappa shape index (κ2) is 9.85. The van der Waals surface area contributed by atoms with Gasteiger partial charge in [-0.25, -0.2) is 4.98 Å². The molecule has 2 heterocycles. The molecule has 1 amide bonds. The second-order valence-electron chi connectivity index (χ2n) is 8.47. The Labute approximate surface area is 203 Å². The maximum atomic E-state index is 13.3. The molecular weight excluding hydrogens is 440 g/mol. The summed E-state index contributed by atoms with van der Waals surface area (Å²) in [6.07, 6.45) is 0.606. The molecule has 5 rings (SSSR count). The Morgan fingerprint density at radius 3 is 2.60 bits per heavy atom. The molecule has 0 aliphatic carbocycles. The van der Waals surface area contributed by atoms with E-state index in [1.807, 2.05) is 80.6 Å². The molecule has 2 aromatic heterocycles. The number of rotatable bonds is 8. The first kappa shape index (κ1) is 22.4. The summed E-state index contributed by atoms with van der Waals surface area (Å²) in [6, 6.07) is 24.7. The van der Waals surface area contributed by atoms with E-state index in [0.717, 1.165) is 33.6 Å². The zero-order valence-electron chi connectivity index (χ0n) is 19.6. The van der Waals surface area contributed by atoms with Crippen molar-refractivity contribution < 1.29 is 14.1 Å². The fraction of sp³-hybridized carbons (Fsp3) is 0.179. The summed E-state index contributed by atoms with van der Waals surface area (Å²) >= 11 is 0. The van der Waals surface area contributed by atoms with Gasteiger partial charge >= 0.3 is 0 Å². The van der Waals surface area contributed by atoms with Gasteiger partial charge in [0.2, 0.25) is 0 Å². The van der Waals surface area contributed by atoms with Crippen LogP contribution in [0, 0.1) is 13.8 Å². The minimum Gasteiger partial charge on any atom is -0.489 e. The third kappa shape index (κ3) is 5.09. The van der Waals surface area contributed by atoms with Crippen LogP contribution in [-0.4, -0.2) is 21.0 Å². The average molecular weight is 467 g/mol. The summed E-state index contributed by atoms with van der Waals surface area (Å²) < 4.78 is 11.1. The number of para-hydroxylation sites is 2. The number of H-pyrrole nitrogens is 1. The lowest BCUT2D eigenvalue weighted by Gasteiger charge is -2.17. The Hall–Kier alpha value is -4.39. The SMILES string of the molecule is Cc1noc(C)c1COc1cccc(C(=O)N[C@@H](Cc2ccccc2)c2nc3ccccc3[nH]2)c1. The summed E-state index contributed by atoms with van der Waals surface area (Å²) in [5.41, 5.74) is 5.12. The predicted molar refractivity (Wildman–Crippen MR) is 133 cm³/mol. The average Bonchev–Trinajstić information content (AvgIpc) is 3.46. The molecule has 0 aliphatic heterocycles. The van der Waals surface area contributed by atoms with Crippen LogP contribution in [0.5, 0.6) is 5.75 Å². The van der Waals surface area contributed by atoms with Gasteiger partial charge in [0.05, 0.1) is 28.3 Å². The molecule has 3 aromatic carbocycles. The lowest BCUT2D eigenvalue weighted by atomic mass is 10.0. The molecule has 0 saturated heterocycles. The zero-order chi connectivity index (χ0) is 24.2. The molecule has 0 radical (unpaired) electrons. The third-order valence-corrected chi connectivity index (χ3v) is 5.99. The summed E-state index contributed by atoms with van der Waals surface area (Å²) in [6.45, 7) is 4.05. The molecule has 0 unspecified atom stereocenters. The molecular formula is C28H26N4O3. The molecule has 35 heavy (non-hydrogen) atoms. The molecule has 2 N–H and O–H groups in total. The smallest absolute Gasteiger partial charge is 0.252 e. The standard InChI is InChI=1S/C28H26N4O3/c1-18-23(19(2)35-32-18)17-34-22-12-8-11-21(16-22)28(33)31-26(15-20-9-4-3-5-10-20)27-29-24-13-6-7-14-25(24)30-27/h3-14,16,26H,15,17H2,1-2H3,(H,29,30)(H,31,33)/t26-/m0/s1. The van der Waals surface area contributed by atoms with E-state index in [2.05, 4.69) is 15.5 Å². The second-order valence-corrected chi connectivity index (χ2v) is 8.47. The molecule has 0 fully saturated rings. The van der Waals surface area contributed by atoms with E-state index in [4.69, 9.17) is 14.2 Å². The van der Waals surface area contributed by atoms with Crippen LogP contribution in [0.25, 0.3) is 11.0 Å². The number of aromatic nitrogens is 3. The number of imidazole rings is 1. The number of carbonyl (C=O) groups excluding carboxylic acids is 1. The molecule has 7 nitrogen and oxygen atoms in total. The summed E-state index contributed by atoms with van der Waals surface area (Å²) in [4.78, 5) is 21.4. The van der Waals surface area contributed by atoms with E-state index in [0.29, 0.717) is 30.2 Å². The molecule has 7 heteroatoms. The van der Waals surface area contributed by atoms with Crippen molar-refractivity contribution >= 4 is 16.9 Å². The van der Waals surface area contributed by atoms with Gasteiger partial charge in [0.25, 0.3) is 5.91 Å². The van der Waals surface area contributed by atoms with Crippen LogP contribution in [-0.2, 0) is 13.0 Å². The van der Waals surface area contributed by atoms with Gasteiger partial charge in [-0.3, -0.25) is 4.79 Å². The molecule has 5 aromatic rings. The molecule has 1 atom stereocenters. The van der Waals surface area contributed by atoms with Gasteiger partial charge in [-0.05, 0) is 56.2 Å². The van der Waals surface area contributed by atoms with E-state index in [1.54, 1.807) is 12.1 Å². The third-order valence-electron chi connectivity index (χ3n) is 5.99. The first-order valence-electron chi connectivity index (χ1n) is 11.5. The number of aromatic amines is 1. The molecule has 0 bridgehead atoms. The highest BCUT2D eigenvalue weighted by Crippen LogP contribution is 2.22. The van der Waals surface area contributed by atoms with Crippen LogP contribution in [0.4, 0.5) is 0 Å². The first-order chi connectivity index (χ1) is 17.1. The number of hydrogen-bond acceptors (Lipinski definition) is 5.